The highest BCUT2D eigenvalue weighted by molar-refractivity contribution is 7.89. The summed E-state index contributed by atoms with van der Waals surface area (Å²) in [5.41, 5.74) is 2.32. The Balaban J connectivity index is 1.47. The molecule has 3 aromatic rings. The highest BCUT2D eigenvalue weighted by atomic mass is 32.2. The van der Waals surface area contributed by atoms with E-state index >= 15 is 0 Å². The summed E-state index contributed by atoms with van der Waals surface area (Å²) >= 11 is 1.70. The van der Waals surface area contributed by atoms with Crippen molar-refractivity contribution in [2.75, 3.05) is 45.2 Å². The highest BCUT2D eigenvalue weighted by Gasteiger charge is 2.31. The number of fused-ring (bicyclic) bond motifs is 1. The number of nitrogens with zero attached hydrogens (tertiary/aromatic N) is 4. The van der Waals surface area contributed by atoms with Crippen molar-refractivity contribution in [1.82, 2.24) is 14.2 Å². The van der Waals surface area contributed by atoms with Crippen LogP contribution >= 0.6 is 11.3 Å². The summed E-state index contributed by atoms with van der Waals surface area (Å²) in [4.78, 5) is 22.9. The summed E-state index contributed by atoms with van der Waals surface area (Å²) in [5, 5.41) is 1.07. The molecular formula is C25H30N4O3S2. The lowest BCUT2D eigenvalue weighted by atomic mass is 9.97. The fourth-order valence-electron chi connectivity index (χ4n) is 4.89. The Morgan fingerprint density at radius 3 is 2.56 bits per heavy atom. The molecule has 2 aromatic carbocycles. The van der Waals surface area contributed by atoms with Crippen LogP contribution in [0.4, 0.5) is 5.69 Å². The Labute approximate surface area is 205 Å². The van der Waals surface area contributed by atoms with Crippen LogP contribution in [0.3, 0.4) is 0 Å². The number of sulfonamides is 1. The number of carbonyl (C=O) groups excluding carboxylic acids is 1. The van der Waals surface area contributed by atoms with Crippen molar-refractivity contribution in [3.05, 3.63) is 53.0 Å². The fourth-order valence-corrected chi connectivity index (χ4v) is 6.91. The van der Waals surface area contributed by atoms with Crippen molar-refractivity contribution in [1.29, 1.82) is 0 Å². The molecule has 180 valence electrons. The van der Waals surface area contributed by atoms with E-state index in [2.05, 4.69) is 11.0 Å². The van der Waals surface area contributed by atoms with Crippen LogP contribution < -0.4 is 4.90 Å². The van der Waals surface area contributed by atoms with Gasteiger partial charge in [0.05, 0.1) is 25.7 Å². The predicted octanol–water partition coefficient (Wildman–Crippen LogP) is 4.17. The van der Waals surface area contributed by atoms with Gasteiger partial charge in [0.2, 0.25) is 10.0 Å². The highest BCUT2D eigenvalue weighted by Crippen LogP contribution is 2.35. The number of carbonyl (C=O) groups is 1. The Hall–Kier alpha value is -2.49. The molecule has 0 bridgehead atoms. The molecule has 9 heteroatoms. The molecule has 0 spiro atoms. The van der Waals surface area contributed by atoms with E-state index in [9.17, 15) is 13.2 Å². The lowest BCUT2D eigenvalue weighted by Crippen LogP contribution is -2.40. The maximum Gasteiger partial charge on any atom is 0.256 e. The van der Waals surface area contributed by atoms with E-state index in [1.54, 1.807) is 23.5 Å². The molecule has 7 nitrogen and oxygen atoms in total. The van der Waals surface area contributed by atoms with Gasteiger partial charge >= 0.3 is 0 Å². The number of anilines is 1. The number of hydrogen-bond donors (Lipinski definition) is 0. The van der Waals surface area contributed by atoms with E-state index in [0.717, 1.165) is 55.0 Å². The van der Waals surface area contributed by atoms with Crippen LogP contribution in [0, 0.1) is 0 Å². The molecule has 2 aliphatic rings. The number of aromatic nitrogens is 1. The van der Waals surface area contributed by atoms with Crippen molar-refractivity contribution in [3.8, 4) is 0 Å². The van der Waals surface area contributed by atoms with E-state index in [0.29, 0.717) is 18.7 Å². The molecule has 2 saturated heterocycles. The van der Waals surface area contributed by atoms with E-state index in [-0.39, 0.29) is 16.7 Å². The molecule has 1 amide bonds. The lowest BCUT2D eigenvalue weighted by Gasteiger charge is -2.33. The smallest absolute Gasteiger partial charge is 0.256 e. The average Bonchev–Trinajstić information content (AvgIpc) is 3.53. The number of amides is 1. The van der Waals surface area contributed by atoms with E-state index in [4.69, 9.17) is 4.98 Å². The minimum atomic E-state index is -3.64. The molecule has 0 N–H and O–H groups in total. The lowest BCUT2D eigenvalue weighted by molar-refractivity contribution is 0.0707. The van der Waals surface area contributed by atoms with E-state index in [1.165, 1.54) is 23.1 Å². The second kappa shape index (κ2) is 9.28. The first-order valence-electron chi connectivity index (χ1n) is 11.8. The zero-order valence-electron chi connectivity index (χ0n) is 19.6. The number of thiazole rings is 1. The van der Waals surface area contributed by atoms with Crippen LogP contribution in [-0.4, -0.2) is 68.8 Å². The summed E-state index contributed by atoms with van der Waals surface area (Å²) in [6.45, 7) is 3.04. The average molecular weight is 499 g/mol. The number of likely N-dealkylation sites (tertiary alicyclic amines) is 1. The first kappa shape index (κ1) is 23.3. The van der Waals surface area contributed by atoms with Gasteiger partial charge in [0.25, 0.3) is 5.91 Å². The predicted molar refractivity (Wildman–Crippen MR) is 136 cm³/mol. The van der Waals surface area contributed by atoms with E-state index < -0.39 is 10.0 Å². The Morgan fingerprint density at radius 2 is 1.82 bits per heavy atom. The van der Waals surface area contributed by atoms with Gasteiger partial charge in [-0.15, -0.1) is 11.3 Å². The van der Waals surface area contributed by atoms with Gasteiger partial charge in [-0.1, -0.05) is 12.1 Å². The van der Waals surface area contributed by atoms with Crippen LogP contribution in [-0.2, 0) is 10.0 Å². The summed E-state index contributed by atoms with van der Waals surface area (Å²) in [7, 11) is -0.612. The van der Waals surface area contributed by atoms with Crippen LogP contribution in [0.25, 0.3) is 10.2 Å². The fraction of sp³-hybridized carbons (Fsp3) is 0.440. The Bertz CT molecular complexity index is 1280. The summed E-state index contributed by atoms with van der Waals surface area (Å²) in [6.07, 6.45) is 4.06. The molecular weight excluding hydrogens is 468 g/mol. The molecule has 0 radical (unpaired) electrons. The van der Waals surface area contributed by atoms with Crippen LogP contribution in [0.5, 0.6) is 0 Å². The largest absolute Gasteiger partial charge is 0.371 e. The molecule has 1 atom stereocenters. The Morgan fingerprint density at radius 1 is 1.06 bits per heavy atom. The minimum absolute atomic E-state index is 0.0940. The topological polar surface area (TPSA) is 73.8 Å². The van der Waals surface area contributed by atoms with Crippen molar-refractivity contribution in [2.45, 2.75) is 36.5 Å². The van der Waals surface area contributed by atoms with Gasteiger partial charge in [0.1, 0.15) is 0 Å². The number of rotatable bonds is 5. The second-order valence-electron chi connectivity index (χ2n) is 9.27. The van der Waals surface area contributed by atoms with Crippen LogP contribution in [0.15, 0.2) is 47.4 Å². The maximum atomic E-state index is 13.8. The SMILES string of the molecule is CN(C)S(=O)(=O)c1ccc(N2CCCC2)c(C(=O)N2CCCC(c3nc4ccccc4s3)C2)c1. The molecule has 3 heterocycles. The van der Waals surface area contributed by atoms with Gasteiger partial charge in [-0.05, 0) is 56.0 Å². The third-order valence-electron chi connectivity index (χ3n) is 6.79. The molecule has 2 aliphatic heterocycles. The number of piperidine rings is 1. The summed E-state index contributed by atoms with van der Waals surface area (Å²) in [6, 6.07) is 13.1. The normalized spacial score (nSPS) is 19.3. The molecule has 1 unspecified atom stereocenters. The second-order valence-corrected chi connectivity index (χ2v) is 12.5. The number of benzene rings is 2. The molecule has 5 rings (SSSR count). The minimum Gasteiger partial charge on any atom is -0.371 e. The van der Waals surface area contributed by atoms with Crippen LogP contribution in [0.1, 0.15) is 47.0 Å². The zero-order valence-corrected chi connectivity index (χ0v) is 21.2. The summed E-state index contributed by atoms with van der Waals surface area (Å²) in [5.74, 6) is 0.0996. The third kappa shape index (κ3) is 4.32. The quantitative estimate of drug-likeness (QED) is 0.528. The number of para-hydroxylation sites is 1. The van der Waals surface area contributed by atoms with Crippen LogP contribution in [0.2, 0.25) is 0 Å². The molecule has 0 saturated carbocycles. The van der Waals surface area contributed by atoms with E-state index in [1.807, 2.05) is 29.2 Å². The first-order valence-corrected chi connectivity index (χ1v) is 14.1. The Kier molecular flexibility index (Phi) is 6.35. The van der Waals surface area contributed by atoms with Crippen molar-refractivity contribution in [2.24, 2.45) is 0 Å². The molecule has 34 heavy (non-hydrogen) atoms. The van der Waals surface area contributed by atoms with Gasteiger partial charge in [-0.3, -0.25) is 4.79 Å². The van der Waals surface area contributed by atoms with Gasteiger partial charge < -0.3 is 9.80 Å². The standard InChI is InChI=1S/C25H30N4O3S2/c1-27(2)34(31,32)19-11-12-22(28-13-5-6-14-28)20(16-19)25(30)29-15-7-8-18(17-29)24-26-21-9-3-4-10-23(21)33-24/h3-4,9-12,16,18H,5-8,13-15,17H2,1-2H3. The summed E-state index contributed by atoms with van der Waals surface area (Å²) < 4.78 is 28.0. The van der Waals surface area contributed by atoms with Gasteiger partial charge in [-0.25, -0.2) is 17.7 Å². The van der Waals surface area contributed by atoms with Crippen molar-refractivity contribution >= 4 is 43.2 Å². The first-order chi connectivity index (χ1) is 16.3. The zero-order chi connectivity index (χ0) is 23.9. The van der Waals surface area contributed by atoms with Crippen molar-refractivity contribution in [3.63, 3.8) is 0 Å². The monoisotopic (exact) mass is 498 g/mol. The molecule has 2 fully saturated rings. The van der Waals surface area contributed by atoms with Gasteiger partial charge in [-0.2, -0.15) is 0 Å². The van der Waals surface area contributed by atoms with Gasteiger partial charge in [0, 0.05) is 51.9 Å². The van der Waals surface area contributed by atoms with Crippen molar-refractivity contribution < 1.29 is 13.2 Å². The number of hydrogen-bond acceptors (Lipinski definition) is 6. The molecule has 1 aromatic heterocycles. The van der Waals surface area contributed by atoms with Gasteiger partial charge in [0.15, 0.2) is 0 Å². The maximum absolute atomic E-state index is 13.8. The molecule has 0 aliphatic carbocycles. The third-order valence-corrected chi connectivity index (χ3v) is 9.80.